The summed E-state index contributed by atoms with van der Waals surface area (Å²) in [6.07, 6.45) is 7.00. The average molecular weight is 302 g/mol. The number of aromatic nitrogens is 1. The van der Waals surface area contributed by atoms with Crippen LogP contribution in [0.25, 0.3) is 10.9 Å². The summed E-state index contributed by atoms with van der Waals surface area (Å²) in [7, 11) is 3.50. The minimum absolute atomic E-state index is 0.655. The first kappa shape index (κ1) is 15.4. The first-order chi connectivity index (χ1) is 10.8. The van der Waals surface area contributed by atoms with Crippen LogP contribution in [0.4, 0.5) is 0 Å². The summed E-state index contributed by atoms with van der Waals surface area (Å²) in [4.78, 5) is 6.01. The molecular weight excluding hydrogens is 276 g/mol. The van der Waals surface area contributed by atoms with Gasteiger partial charge in [0, 0.05) is 43.4 Å². The predicted octanol–water partition coefficient (Wildman–Crippen LogP) is 3.22. The predicted molar refractivity (Wildman–Crippen MR) is 89.6 cm³/mol. The summed E-state index contributed by atoms with van der Waals surface area (Å²) in [5, 5.41) is 1.29. The zero-order valence-corrected chi connectivity index (χ0v) is 13.6. The number of nitrogens with one attached hydrogen (secondary N) is 1. The van der Waals surface area contributed by atoms with Crippen LogP contribution in [-0.2, 0) is 11.2 Å². The van der Waals surface area contributed by atoms with Crippen LogP contribution in [0.2, 0.25) is 0 Å². The molecule has 1 N–H and O–H groups in total. The molecule has 0 aliphatic carbocycles. The molecule has 1 aliphatic rings. The standard InChI is InChI=1S/C18H26N2O2/c1-21-10-4-9-20-8-3-5-15(20)11-14-13-19-18-7-6-16(22-2)12-17(14)18/h6-7,12-13,15,19H,3-5,8-11H2,1-2H3/t15-/m1/s1. The van der Waals surface area contributed by atoms with Gasteiger partial charge in [-0.3, -0.25) is 4.90 Å². The van der Waals surface area contributed by atoms with Crippen LogP contribution in [0.15, 0.2) is 24.4 Å². The number of rotatable bonds is 7. The molecule has 1 atom stereocenters. The number of benzene rings is 1. The van der Waals surface area contributed by atoms with Crippen LogP contribution in [0.3, 0.4) is 0 Å². The lowest BCUT2D eigenvalue weighted by atomic mass is 10.0. The zero-order chi connectivity index (χ0) is 15.4. The zero-order valence-electron chi connectivity index (χ0n) is 13.6. The molecule has 1 saturated heterocycles. The molecule has 0 amide bonds. The van der Waals surface area contributed by atoms with Crippen molar-refractivity contribution in [2.24, 2.45) is 0 Å². The van der Waals surface area contributed by atoms with E-state index < -0.39 is 0 Å². The maximum absolute atomic E-state index is 5.37. The van der Waals surface area contributed by atoms with Gasteiger partial charge in [0.2, 0.25) is 0 Å². The van der Waals surface area contributed by atoms with Crippen molar-refractivity contribution in [3.05, 3.63) is 30.0 Å². The van der Waals surface area contributed by atoms with Crippen molar-refractivity contribution in [3.63, 3.8) is 0 Å². The summed E-state index contributed by atoms with van der Waals surface area (Å²) >= 11 is 0. The molecule has 2 heterocycles. The third kappa shape index (κ3) is 3.28. The highest BCUT2D eigenvalue weighted by molar-refractivity contribution is 5.84. The Morgan fingerprint density at radius 3 is 3.05 bits per heavy atom. The smallest absolute Gasteiger partial charge is 0.119 e. The number of ether oxygens (including phenoxy) is 2. The quantitative estimate of drug-likeness (QED) is 0.798. The molecule has 0 radical (unpaired) electrons. The van der Waals surface area contributed by atoms with Crippen LogP contribution in [0.5, 0.6) is 5.75 Å². The Hall–Kier alpha value is -1.52. The van der Waals surface area contributed by atoms with Crippen LogP contribution >= 0.6 is 0 Å². The summed E-state index contributed by atoms with van der Waals surface area (Å²) in [5.41, 5.74) is 2.59. The number of aromatic amines is 1. The fourth-order valence-corrected chi connectivity index (χ4v) is 3.54. The molecule has 3 rings (SSSR count). The van der Waals surface area contributed by atoms with Gasteiger partial charge >= 0.3 is 0 Å². The third-order valence-corrected chi connectivity index (χ3v) is 4.72. The Labute approximate surface area is 132 Å². The molecule has 0 spiro atoms. The van der Waals surface area contributed by atoms with E-state index in [9.17, 15) is 0 Å². The molecule has 0 bridgehead atoms. The Bertz CT molecular complexity index is 608. The molecule has 1 aromatic carbocycles. The number of likely N-dealkylation sites (tertiary alicyclic amines) is 1. The highest BCUT2D eigenvalue weighted by Crippen LogP contribution is 2.28. The largest absolute Gasteiger partial charge is 0.497 e. The van der Waals surface area contributed by atoms with Crippen molar-refractivity contribution in [2.45, 2.75) is 31.7 Å². The fraction of sp³-hybridized carbons (Fsp3) is 0.556. The molecule has 4 nitrogen and oxygen atoms in total. The Balaban J connectivity index is 1.71. The highest BCUT2D eigenvalue weighted by atomic mass is 16.5. The first-order valence-electron chi connectivity index (χ1n) is 8.19. The van der Waals surface area contributed by atoms with Gasteiger partial charge in [0.15, 0.2) is 0 Å². The molecule has 1 aromatic heterocycles. The Morgan fingerprint density at radius 2 is 2.23 bits per heavy atom. The molecule has 0 saturated carbocycles. The van der Waals surface area contributed by atoms with Crippen LogP contribution < -0.4 is 4.74 Å². The number of H-pyrrole nitrogens is 1. The normalized spacial score (nSPS) is 19.1. The lowest BCUT2D eigenvalue weighted by Crippen LogP contribution is -2.32. The number of hydrogen-bond donors (Lipinski definition) is 1. The SMILES string of the molecule is COCCCN1CCC[C@@H]1Cc1c[nH]c2ccc(OC)cc12. The van der Waals surface area contributed by atoms with E-state index in [0.29, 0.717) is 6.04 Å². The van der Waals surface area contributed by atoms with Gasteiger partial charge in [0.1, 0.15) is 5.75 Å². The van der Waals surface area contributed by atoms with Crippen molar-refractivity contribution < 1.29 is 9.47 Å². The Kier molecular flexibility index (Phi) is 5.01. The van der Waals surface area contributed by atoms with E-state index in [0.717, 1.165) is 31.7 Å². The van der Waals surface area contributed by atoms with Crippen LogP contribution in [0, 0.1) is 0 Å². The third-order valence-electron chi connectivity index (χ3n) is 4.72. The number of nitrogens with zero attached hydrogens (tertiary/aromatic N) is 1. The molecule has 0 unspecified atom stereocenters. The van der Waals surface area contributed by atoms with Crippen LogP contribution in [-0.4, -0.2) is 49.8 Å². The minimum Gasteiger partial charge on any atom is -0.497 e. The Morgan fingerprint density at radius 1 is 1.32 bits per heavy atom. The van der Waals surface area contributed by atoms with Gasteiger partial charge in [-0.25, -0.2) is 0 Å². The average Bonchev–Trinajstić information content (AvgIpc) is 3.15. The molecule has 1 aliphatic heterocycles. The second-order valence-corrected chi connectivity index (χ2v) is 6.11. The maximum atomic E-state index is 5.37. The second kappa shape index (κ2) is 7.16. The molecule has 1 fully saturated rings. The minimum atomic E-state index is 0.655. The summed E-state index contributed by atoms with van der Waals surface area (Å²) in [6.45, 7) is 3.22. The van der Waals surface area contributed by atoms with Gasteiger partial charge in [-0.05, 0) is 56.0 Å². The number of hydrogen-bond acceptors (Lipinski definition) is 3. The van der Waals surface area contributed by atoms with E-state index in [2.05, 4.69) is 28.2 Å². The van der Waals surface area contributed by atoms with Gasteiger partial charge in [-0.15, -0.1) is 0 Å². The van der Waals surface area contributed by atoms with Gasteiger partial charge in [-0.2, -0.15) is 0 Å². The van der Waals surface area contributed by atoms with Crippen molar-refractivity contribution >= 4 is 10.9 Å². The second-order valence-electron chi connectivity index (χ2n) is 6.11. The van der Waals surface area contributed by atoms with E-state index in [1.807, 2.05) is 6.07 Å². The molecule has 2 aromatic rings. The van der Waals surface area contributed by atoms with Gasteiger partial charge in [0.05, 0.1) is 7.11 Å². The van der Waals surface area contributed by atoms with Gasteiger partial charge < -0.3 is 14.5 Å². The fourth-order valence-electron chi connectivity index (χ4n) is 3.54. The van der Waals surface area contributed by atoms with E-state index in [-0.39, 0.29) is 0 Å². The lowest BCUT2D eigenvalue weighted by Gasteiger charge is -2.24. The first-order valence-corrected chi connectivity index (χ1v) is 8.19. The van der Waals surface area contributed by atoms with Gasteiger partial charge in [0.25, 0.3) is 0 Å². The summed E-state index contributed by atoms with van der Waals surface area (Å²) in [5.74, 6) is 0.928. The number of methoxy groups -OCH3 is 2. The monoisotopic (exact) mass is 302 g/mol. The summed E-state index contributed by atoms with van der Waals surface area (Å²) < 4.78 is 10.5. The van der Waals surface area contributed by atoms with E-state index in [1.54, 1.807) is 14.2 Å². The van der Waals surface area contributed by atoms with E-state index >= 15 is 0 Å². The van der Waals surface area contributed by atoms with E-state index in [4.69, 9.17) is 9.47 Å². The highest BCUT2D eigenvalue weighted by Gasteiger charge is 2.25. The number of fused-ring (bicyclic) bond motifs is 1. The maximum Gasteiger partial charge on any atom is 0.119 e. The molecule has 4 heteroatoms. The lowest BCUT2D eigenvalue weighted by molar-refractivity contribution is 0.167. The van der Waals surface area contributed by atoms with Crippen molar-refractivity contribution in [1.29, 1.82) is 0 Å². The van der Waals surface area contributed by atoms with E-state index in [1.165, 1.54) is 35.9 Å². The molecule has 120 valence electrons. The summed E-state index contributed by atoms with van der Waals surface area (Å²) in [6, 6.07) is 6.91. The topological polar surface area (TPSA) is 37.5 Å². The van der Waals surface area contributed by atoms with Gasteiger partial charge in [-0.1, -0.05) is 0 Å². The van der Waals surface area contributed by atoms with Crippen molar-refractivity contribution in [1.82, 2.24) is 9.88 Å². The molecule has 22 heavy (non-hydrogen) atoms. The molecular formula is C18H26N2O2. The van der Waals surface area contributed by atoms with Crippen molar-refractivity contribution in [2.75, 3.05) is 33.9 Å². The van der Waals surface area contributed by atoms with Crippen molar-refractivity contribution in [3.8, 4) is 5.75 Å². The van der Waals surface area contributed by atoms with Crippen LogP contribution in [0.1, 0.15) is 24.8 Å².